The van der Waals surface area contributed by atoms with Gasteiger partial charge in [-0.2, -0.15) is 0 Å². The van der Waals surface area contributed by atoms with Crippen LogP contribution in [0.15, 0.2) is 28.9 Å². The predicted molar refractivity (Wildman–Crippen MR) is 76.2 cm³/mol. The summed E-state index contributed by atoms with van der Waals surface area (Å²) in [5.41, 5.74) is 1.16. The Hall–Kier alpha value is -1.82. The van der Waals surface area contributed by atoms with Crippen LogP contribution in [-0.4, -0.2) is 21.0 Å². The molecular weight excluding hydrogens is 327 g/mol. The Labute approximate surface area is 123 Å². The zero-order valence-electron chi connectivity index (χ0n) is 10.9. The molecule has 0 radical (unpaired) electrons. The lowest BCUT2D eigenvalue weighted by Crippen LogP contribution is -2.09. The highest BCUT2D eigenvalue weighted by molar-refractivity contribution is 9.10. The molecule has 1 heterocycles. The Morgan fingerprint density at radius 2 is 2.10 bits per heavy atom. The van der Waals surface area contributed by atoms with E-state index in [4.69, 9.17) is 5.11 Å². The Morgan fingerprint density at radius 3 is 2.65 bits per heavy atom. The third-order valence-electron chi connectivity index (χ3n) is 2.77. The van der Waals surface area contributed by atoms with Gasteiger partial charge in [0, 0.05) is 16.2 Å². The molecule has 2 rings (SSSR count). The highest BCUT2D eigenvalue weighted by Crippen LogP contribution is 2.28. The molecule has 0 amide bonds. The number of hydrogen-bond donors (Lipinski definition) is 1. The number of rotatable bonds is 3. The third-order valence-corrected chi connectivity index (χ3v) is 3.42. The van der Waals surface area contributed by atoms with E-state index in [1.807, 2.05) is 13.8 Å². The lowest BCUT2D eigenvalue weighted by molar-refractivity contribution is 0.0694. The first-order chi connectivity index (χ1) is 9.40. The maximum Gasteiger partial charge on any atom is 0.339 e. The summed E-state index contributed by atoms with van der Waals surface area (Å²) in [6.45, 7) is 3.72. The zero-order chi connectivity index (χ0) is 14.9. The first-order valence-corrected chi connectivity index (χ1v) is 6.75. The van der Waals surface area contributed by atoms with E-state index in [0.29, 0.717) is 21.6 Å². The van der Waals surface area contributed by atoms with E-state index >= 15 is 0 Å². The summed E-state index contributed by atoms with van der Waals surface area (Å²) in [6, 6.07) is 4.18. The van der Waals surface area contributed by atoms with E-state index in [1.54, 1.807) is 6.07 Å². The van der Waals surface area contributed by atoms with Gasteiger partial charge in [-0.15, -0.1) is 0 Å². The monoisotopic (exact) mass is 338 g/mol. The molecule has 0 fully saturated rings. The summed E-state index contributed by atoms with van der Waals surface area (Å²) in [5, 5.41) is 9.13. The number of carboxylic acids is 1. The van der Waals surface area contributed by atoms with Crippen LogP contribution in [0.4, 0.5) is 4.39 Å². The van der Waals surface area contributed by atoms with Crippen molar-refractivity contribution in [3.63, 3.8) is 0 Å². The van der Waals surface area contributed by atoms with Gasteiger partial charge in [0.25, 0.3) is 0 Å². The highest BCUT2D eigenvalue weighted by atomic mass is 79.9. The van der Waals surface area contributed by atoms with Crippen molar-refractivity contribution in [3.8, 4) is 11.4 Å². The molecule has 0 saturated heterocycles. The Bertz CT molecular complexity index is 674. The van der Waals surface area contributed by atoms with E-state index in [2.05, 4.69) is 25.9 Å². The fourth-order valence-corrected chi connectivity index (χ4v) is 2.33. The van der Waals surface area contributed by atoms with E-state index < -0.39 is 5.97 Å². The largest absolute Gasteiger partial charge is 0.478 e. The van der Waals surface area contributed by atoms with Crippen LogP contribution in [0.1, 0.15) is 35.8 Å². The van der Waals surface area contributed by atoms with Crippen molar-refractivity contribution in [2.75, 3.05) is 0 Å². The summed E-state index contributed by atoms with van der Waals surface area (Å²) in [4.78, 5) is 19.5. The number of nitrogens with zero attached hydrogens (tertiary/aromatic N) is 2. The van der Waals surface area contributed by atoms with Crippen LogP contribution in [-0.2, 0) is 0 Å². The first-order valence-electron chi connectivity index (χ1n) is 5.95. The number of aromatic nitrogens is 2. The Balaban J connectivity index is 2.59. The summed E-state index contributed by atoms with van der Waals surface area (Å²) in [7, 11) is 0. The van der Waals surface area contributed by atoms with Crippen molar-refractivity contribution < 1.29 is 14.3 Å². The molecule has 0 saturated carbocycles. The number of carboxylic acid groups (broad SMARTS) is 1. The number of aromatic carboxylic acids is 1. The maximum atomic E-state index is 13.1. The normalized spacial score (nSPS) is 10.8. The van der Waals surface area contributed by atoms with E-state index in [9.17, 15) is 9.18 Å². The van der Waals surface area contributed by atoms with Crippen molar-refractivity contribution in [2.45, 2.75) is 19.8 Å². The van der Waals surface area contributed by atoms with Gasteiger partial charge in [-0.25, -0.2) is 19.2 Å². The second kappa shape index (κ2) is 5.66. The van der Waals surface area contributed by atoms with Crippen LogP contribution >= 0.6 is 15.9 Å². The number of halogens is 2. The number of benzene rings is 1. The molecule has 4 nitrogen and oxygen atoms in total. The van der Waals surface area contributed by atoms with Crippen LogP contribution in [0, 0.1) is 5.82 Å². The zero-order valence-corrected chi connectivity index (χ0v) is 12.5. The number of hydrogen-bond acceptors (Lipinski definition) is 3. The van der Waals surface area contributed by atoms with Crippen LogP contribution < -0.4 is 0 Å². The fourth-order valence-electron chi connectivity index (χ4n) is 1.80. The molecule has 0 unspecified atom stereocenters. The van der Waals surface area contributed by atoms with Crippen LogP contribution in [0.5, 0.6) is 0 Å². The minimum absolute atomic E-state index is 0.0536. The topological polar surface area (TPSA) is 63.1 Å². The third kappa shape index (κ3) is 2.85. The van der Waals surface area contributed by atoms with Gasteiger partial charge in [-0.05, 0) is 40.0 Å². The fraction of sp³-hybridized carbons (Fsp3) is 0.214. The van der Waals surface area contributed by atoms with Crippen LogP contribution in [0.2, 0.25) is 0 Å². The molecule has 20 heavy (non-hydrogen) atoms. The number of carbonyl (C=O) groups is 1. The van der Waals surface area contributed by atoms with Gasteiger partial charge in [0.05, 0.1) is 11.3 Å². The standard InChI is InChI=1S/C14H12BrFN2O2/c1-7(2)12-10(14(19)20)6-17-13(18-12)9-4-3-8(16)5-11(9)15/h3-7H,1-2H3,(H,19,20). The molecule has 0 aliphatic rings. The summed E-state index contributed by atoms with van der Waals surface area (Å²) < 4.78 is 13.6. The van der Waals surface area contributed by atoms with E-state index in [-0.39, 0.29) is 17.3 Å². The molecule has 6 heteroatoms. The summed E-state index contributed by atoms with van der Waals surface area (Å²) in [5.74, 6) is -1.11. The van der Waals surface area contributed by atoms with Crippen molar-refractivity contribution in [1.82, 2.24) is 9.97 Å². The van der Waals surface area contributed by atoms with Crippen LogP contribution in [0.3, 0.4) is 0 Å². The molecule has 104 valence electrons. The SMILES string of the molecule is CC(C)c1nc(-c2ccc(F)cc2Br)ncc1C(=O)O. The average Bonchev–Trinajstić information content (AvgIpc) is 2.37. The quantitative estimate of drug-likeness (QED) is 0.922. The molecule has 1 aromatic heterocycles. The second-order valence-electron chi connectivity index (χ2n) is 4.58. The van der Waals surface area contributed by atoms with Gasteiger partial charge in [0.1, 0.15) is 5.82 Å². The molecule has 1 aromatic carbocycles. The molecule has 0 bridgehead atoms. The van der Waals surface area contributed by atoms with Crippen molar-refractivity contribution >= 4 is 21.9 Å². The van der Waals surface area contributed by atoms with Crippen molar-refractivity contribution in [3.05, 3.63) is 45.9 Å². The predicted octanol–water partition coefficient (Wildman–Crippen LogP) is 3.87. The minimum atomic E-state index is -1.06. The van der Waals surface area contributed by atoms with Gasteiger partial charge in [-0.1, -0.05) is 13.8 Å². The van der Waals surface area contributed by atoms with Crippen molar-refractivity contribution in [1.29, 1.82) is 0 Å². The molecule has 0 aliphatic carbocycles. The molecule has 0 spiro atoms. The molecule has 2 aromatic rings. The van der Waals surface area contributed by atoms with Crippen LogP contribution in [0.25, 0.3) is 11.4 Å². The van der Waals surface area contributed by atoms with Gasteiger partial charge in [0.15, 0.2) is 5.82 Å². The maximum absolute atomic E-state index is 13.1. The van der Waals surface area contributed by atoms with Crippen molar-refractivity contribution in [2.24, 2.45) is 0 Å². The second-order valence-corrected chi connectivity index (χ2v) is 5.43. The van der Waals surface area contributed by atoms with Gasteiger partial charge in [-0.3, -0.25) is 0 Å². The van der Waals surface area contributed by atoms with E-state index in [1.165, 1.54) is 18.3 Å². The molecule has 1 N–H and O–H groups in total. The smallest absolute Gasteiger partial charge is 0.339 e. The Kier molecular flexibility index (Phi) is 4.13. The van der Waals surface area contributed by atoms with E-state index in [0.717, 1.165) is 0 Å². The molecular formula is C14H12BrFN2O2. The molecule has 0 atom stereocenters. The minimum Gasteiger partial charge on any atom is -0.478 e. The summed E-state index contributed by atoms with van der Waals surface area (Å²) >= 11 is 3.26. The summed E-state index contributed by atoms with van der Waals surface area (Å²) in [6.07, 6.45) is 1.29. The highest BCUT2D eigenvalue weighted by Gasteiger charge is 2.17. The van der Waals surface area contributed by atoms with Gasteiger partial charge >= 0.3 is 5.97 Å². The molecule has 0 aliphatic heterocycles. The lowest BCUT2D eigenvalue weighted by atomic mass is 10.0. The lowest BCUT2D eigenvalue weighted by Gasteiger charge is -2.11. The van der Waals surface area contributed by atoms with Gasteiger partial charge in [0.2, 0.25) is 0 Å². The Morgan fingerprint density at radius 1 is 1.40 bits per heavy atom. The van der Waals surface area contributed by atoms with Gasteiger partial charge < -0.3 is 5.11 Å². The average molecular weight is 339 g/mol. The first kappa shape index (κ1) is 14.6.